The average molecular weight is 300 g/mol. The van der Waals surface area contributed by atoms with Gasteiger partial charge in [0.15, 0.2) is 0 Å². The first-order valence-corrected chi connectivity index (χ1v) is 8.11. The normalized spacial score (nSPS) is 11.9. The first-order chi connectivity index (χ1) is 9.83. The Morgan fingerprint density at radius 1 is 0.700 bits per heavy atom. The minimum atomic E-state index is 0.951. The highest BCUT2D eigenvalue weighted by molar-refractivity contribution is 7.00. The summed E-state index contributed by atoms with van der Waals surface area (Å²) in [4.78, 5) is 0. The van der Waals surface area contributed by atoms with Crippen LogP contribution in [0, 0.1) is 0 Å². The van der Waals surface area contributed by atoms with Crippen LogP contribution in [0.4, 0.5) is 0 Å². The number of fused-ring (bicyclic) bond motifs is 5. The third kappa shape index (κ3) is 1.52. The van der Waals surface area contributed by atoms with Crippen molar-refractivity contribution in [2.24, 2.45) is 0 Å². The predicted molar refractivity (Wildman–Crippen MR) is 84.7 cm³/mol. The van der Waals surface area contributed by atoms with Gasteiger partial charge in [0, 0.05) is 10.8 Å². The van der Waals surface area contributed by atoms with E-state index >= 15 is 0 Å². The molecule has 4 nitrogen and oxygen atoms in total. The molecule has 0 aliphatic carbocycles. The number of hydrogen-bond donors (Lipinski definition) is 0. The molecule has 0 amide bonds. The van der Waals surface area contributed by atoms with E-state index < -0.39 is 0 Å². The lowest BCUT2D eigenvalue weighted by atomic mass is 9.98. The Hall–Kier alpha value is -1.66. The van der Waals surface area contributed by atoms with Crippen molar-refractivity contribution in [1.82, 2.24) is 17.5 Å². The monoisotopic (exact) mass is 300 g/mol. The molecule has 4 aromatic rings. The Bertz CT molecular complexity index is 861. The summed E-state index contributed by atoms with van der Waals surface area (Å²) in [6.45, 7) is 4.30. The minimum Gasteiger partial charge on any atom is -0.173 e. The Morgan fingerprint density at radius 2 is 1.10 bits per heavy atom. The Morgan fingerprint density at radius 3 is 1.50 bits per heavy atom. The lowest BCUT2D eigenvalue weighted by Crippen LogP contribution is -1.90. The van der Waals surface area contributed by atoms with Crippen molar-refractivity contribution in [3.63, 3.8) is 0 Å². The standard InChI is InChI=1S/C14H12N4S2/c1-3-7-5-9-10(13-11(7)15-19-17-13)6-8(4-2)12-14(9)18-20-16-12/h5-6H,3-4H2,1-2H3. The summed E-state index contributed by atoms with van der Waals surface area (Å²) in [6, 6.07) is 4.42. The number of aryl methyl sites for hydroxylation is 2. The van der Waals surface area contributed by atoms with Gasteiger partial charge in [-0.05, 0) is 36.1 Å². The molecule has 0 fully saturated rings. The largest absolute Gasteiger partial charge is 0.173 e. The van der Waals surface area contributed by atoms with Gasteiger partial charge in [-0.2, -0.15) is 17.5 Å². The molecule has 0 bridgehead atoms. The van der Waals surface area contributed by atoms with Crippen LogP contribution in [0.2, 0.25) is 0 Å². The minimum absolute atomic E-state index is 0.951. The molecule has 0 atom stereocenters. The molecular weight excluding hydrogens is 288 g/mol. The smallest absolute Gasteiger partial charge is 0.112 e. The summed E-state index contributed by atoms with van der Waals surface area (Å²) in [7, 11) is 0. The van der Waals surface area contributed by atoms with Crippen molar-refractivity contribution in [1.29, 1.82) is 0 Å². The molecule has 100 valence electrons. The molecule has 0 radical (unpaired) electrons. The van der Waals surface area contributed by atoms with Crippen molar-refractivity contribution in [3.8, 4) is 0 Å². The molecule has 4 rings (SSSR count). The fourth-order valence-electron chi connectivity index (χ4n) is 2.72. The molecule has 0 spiro atoms. The van der Waals surface area contributed by atoms with Gasteiger partial charge >= 0.3 is 0 Å². The zero-order valence-electron chi connectivity index (χ0n) is 11.2. The van der Waals surface area contributed by atoms with Crippen LogP contribution in [0.5, 0.6) is 0 Å². The van der Waals surface area contributed by atoms with Crippen LogP contribution in [0.3, 0.4) is 0 Å². The average Bonchev–Trinajstić information content (AvgIpc) is 3.13. The van der Waals surface area contributed by atoms with Gasteiger partial charge in [0.1, 0.15) is 22.1 Å². The van der Waals surface area contributed by atoms with E-state index in [9.17, 15) is 0 Å². The zero-order chi connectivity index (χ0) is 13.7. The topological polar surface area (TPSA) is 51.6 Å². The van der Waals surface area contributed by atoms with Crippen LogP contribution in [0.15, 0.2) is 12.1 Å². The lowest BCUT2D eigenvalue weighted by Gasteiger charge is -2.06. The van der Waals surface area contributed by atoms with Crippen LogP contribution in [0.25, 0.3) is 32.8 Å². The Balaban J connectivity index is 2.30. The van der Waals surface area contributed by atoms with Gasteiger partial charge in [-0.15, -0.1) is 0 Å². The molecule has 0 aliphatic rings. The maximum Gasteiger partial charge on any atom is 0.112 e. The van der Waals surface area contributed by atoms with E-state index in [2.05, 4.69) is 43.5 Å². The van der Waals surface area contributed by atoms with E-state index in [0.717, 1.165) is 45.7 Å². The number of nitrogens with zero attached hydrogens (tertiary/aromatic N) is 4. The summed E-state index contributed by atoms with van der Waals surface area (Å²) in [5, 5.41) is 2.31. The predicted octanol–water partition coefficient (Wildman–Crippen LogP) is 3.97. The molecule has 0 aliphatic heterocycles. The number of hydrogen-bond acceptors (Lipinski definition) is 6. The fraction of sp³-hybridized carbons (Fsp3) is 0.286. The third-order valence-electron chi connectivity index (χ3n) is 3.78. The maximum absolute atomic E-state index is 4.51. The van der Waals surface area contributed by atoms with E-state index in [1.54, 1.807) is 0 Å². The first-order valence-electron chi connectivity index (χ1n) is 6.65. The quantitative estimate of drug-likeness (QED) is 0.562. The summed E-state index contributed by atoms with van der Waals surface area (Å²) < 4.78 is 17.9. The molecule has 0 N–H and O–H groups in total. The van der Waals surface area contributed by atoms with Gasteiger partial charge in [-0.3, -0.25) is 0 Å². The summed E-state index contributed by atoms with van der Waals surface area (Å²) in [6.07, 6.45) is 1.90. The third-order valence-corrected chi connectivity index (χ3v) is 4.84. The highest BCUT2D eigenvalue weighted by atomic mass is 32.1. The van der Waals surface area contributed by atoms with Crippen LogP contribution >= 0.6 is 23.5 Å². The van der Waals surface area contributed by atoms with Crippen LogP contribution < -0.4 is 0 Å². The lowest BCUT2D eigenvalue weighted by molar-refractivity contribution is 1.15. The van der Waals surface area contributed by atoms with E-state index in [1.807, 2.05) is 0 Å². The van der Waals surface area contributed by atoms with Crippen molar-refractivity contribution in [2.45, 2.75) is 26.7 Å². The Kier molecular flexibility index (Phi) is 2.68. The molecule has 20 heavy (non-hydrogen) atoms. The molecule has 6 heteroatoms. The van der Waals surface area contributed by atoms with Crippen LogP contribution in [0.1, 0.15) is 25.0 Å². The fourth-order valence-corrected chi connectivity index (χ4v) is 3.91. The van der Waals surface area contributed by atoms with E-state index in [4.69, 9.17) is 0 Å². The van der Waals surface area contributed by atoms with E-state index in [0.29, 0.717) is 0 Å². The molecular formula is C14H12N4S2. The summed E-state index contributed by atoms with van der Waals surface area (Å²) in [5.41, 5.74) is 6.56. The SMILES string of the molecule is CCc1cc2c(cc(CC)c3nsnc32)c2nsnc12. The molecule has 0 saturated heterocycles. The molecule has 2 aromatic heterocycles. The van der Waals surface area contributed by atoms with Crippen molar-refractivity contribution >= 4 is 56.3 Å². The Labute approximate surface area is 124 Å². The van der Waals surface area contributed by atoms with Crippen molar-refractivity contribution < 1.29 is 0 Å². The molecule has 0 saturated carbocycles. The highest BCUT2D eigenvalue weighted by Crippen LogP contribution is 2.34. The second-order valence-electron chi connectivity index (χ2n) is 4.80. The second-order valence-corrected chi connectivity index (χ2v) is 5.85. The molecule has 2 aromatic carbocycles. The number of rotatable bonds is 2. The van der Waals surface area contributed by atoms with Gasteiger partial charge in [-0.25, -0.2) is 0 Å². The van der Waals surface area contributed by atoms with Crippen molar-refractivity contribution in [2.75, 3.05) is 0 Å². The van der Waals surface area contributed by atoms with E-state index in [1.165, 1.54) is 34.6 Å². The maximum atomic E-state index is 4.51. The van der Waals surface area contributed by atoms with E-state index in [-0.39, 0.29) is 0 Å². The number of aromatic nitrogens is 4. The molecule has 0 unspecified atom stereocenters. The van der Waals surface area contributed by atoms with Gasteiger partial charge in [0.05, 0.1) is 23.5 Å². The van der Waals surface area contributed by atoms with Gasteiger partial charge in [-0.1, -0.05) is 13.8 Å². The van der Waals surface area contributed by atoms with Gasteiger partial charge in [0.2, 0.25) is 0 Å². The summed E-state index contributed by atoms with van der Waals surface area (Å²) in [5.74, 6) is 0. The zero-order valence-corrected chi connectivity index (χ0v) is 12.8. The number of benzene rings is 2. The van der Waals surface area contributed by atoms with Gasteiger partial charge in [0.25, 0.3) is 0 Å². The van der Waals surface area contributed by atoms with Crippen LogP contribution in [-0.4, -0.2) is 17.5 Å². The second kappa shape index (κ2) is 4.43. The van der Waals surface area contributed by atoms with Crippen LogP contribution in [-0.2, 0) is 12.8 Å². The van der Waals surface area contributed by atoms with Crippen molar-refractivity contribution in [3.05, 3.63) is 23.3 Å². The first kappa shape index (κ1) is 12.1. The summed E-state index contributed by atoms with van der Waals surface area (Å²) >= 11 is 2.57. The molecule has 2 heterocycles. The highest BCUT2D eigenvalue weighted by Gasteiger charge is 2.15. The van der Waals surface area contributed by atoms with Gasteiger partial charge < -0.3 is 0 Å².